The van der Waals surface area contributed by atoms with Gasteiger partial charge in [0.05, 0.1) is 17.3 Å². The van der Waals surface area contributed by atoms with Crippen molar-refractivity contribution >= 4 is 16.8 Å². The van der Waals surface area contributed by atoms with Crippen molar-refractivity contribution in [2.45, 2.75) is 6.10 Å². The average molecular weight is 284 g/mol. The molecule has 0 fully saturated rings. The molecular weight excluding hydrogens is 272 g/mol. The maximum absolute atomic E-state index is 8.94. The van der Waals surface area contributed by atoms with Crippen molar-refractivity contribution in [1.29, 1.82) is 5.26 Å². The quantitative estimate of drug-likeness (QED) is 0.671. The van der Waals surface area contributed by atoms with Crippen molar-refractivity contribution in [2.24, 2.45) is 0 Å². The van der Waals surface area contributed by atoms with Gasteiger partial charge >= 0.3 is 0 Å². The third kappa shape index (κ3) is 2.11. The summed E-state index contributed by atoms with van der Waals surface area (Å²) in [6, 6.07) is 17.8. The van der Waals surface area contributed by atoms with Crippen LogP contribution in [0.1, 0.15) is 22.9 Å². The van der Waals surface area contributed by atoms with Gasteiger partial charge in [-0.15, -0.1) is 0 Å². The zero-order chi connectivity index (χ0) is 14.9. The molecule has 22 heavy (non-hydrogen) atoms. The minimum absolute atomic E-state index is 0.204. The number of fused-ring (bicyclic) bond motifs is 2. The molecule has 0 N–H and O–H groups in total. The van der Waals surface area contributed by atoms with E-state index in [-0.39, 0.29) is 6.10 Å². The van der Waals surface area contributed by atoms with E-state index in [0.717, 1.165) is 27.8 Å². The Kier molecular flexibility index (Phi) is 2.87. The van der Waals surface area contributed by atoms with Crippen molar-refractivity contribution in [1.82, 2.24) is 4.98 Å². The maximum atomic E-state index is 8.94. The van der Waals surface area contributed by atoms with E-state index >= 15 is 0 Å². The molecule has 2 aromatic carbocycles. The van der Waals surface area contributed by atoms with Crippen LogP contribution in [-0.4, -0.2) is 4.98 Å². The molecule has 104 valence electrons. The van der Waals surface area contributed by atoms with Crippen LogP contribution in [-0.2, 0) is 0 Å². The summed E-state index contributed by atoms with van der Waals surface area (Å²) in [6.07, 6.45) is 5.63. The van der Waals surface area contributed by atoms with Crippen LogP contribution in [0.5, 0.6) is 5.75 Å². The molecule has 2 heterocycles. The smallest absolute Gasteiger partial charge is 0.159 e. The molecule has 1 aliphatic rings. The Morgan fingerprint density at radius 2 is 1.91 bits per heavy atom. The van der Waals surface area contributed by atoms with Crippen molar-refractivity contribution in [2.75, 3.05) is 0 Å². The Balaban J connectivity index is 1.71. The Morgan fingerprint density at radius 1 is 1.05 bits per heavy atom. The zero-order valence-electron chi connectivity index (χ0n) is 11.7. The highest BCUT2D eigenvalue weighted by molar-refractivity contribution is 5.82. The molecule has 0 aliphatic carbocycles. The first-order valence-electron chi connectivity index (χ1n) is 7.07. The number of nitrogens with zero attached hydrogens (tertiary/aromatic N) is 2. The molecule has 3 aromatic rings. The first-order valence-corrected chi connectivity index (χ1v) is 7.07. The predicted molar refractivity (Wildman–Crippen MR) is 85.3 cm³/mol. The van der Waals surface area contributed by atoms with Gasteiger partial charge in [-0.25, -0.2) is 0 Å². The zero-order valence-corrected chi connectivity index (χ0v) is 11.7. The second kappa shape index (κ2) is 5.01. The summed E-state index contributed by atoms with van der Waals surface area (Å²) in [5.74, 6) is 0.779. The van der Waals surface area contributed by atoms with Gasteiger partial charge in [0.1, 0.15) is 5.75 Å². The number of ether oxygens (including phenoxy) is 1. The Hall–Kier alpha value is -3.12. The lowest BCUT2D eigenvalue weighted by Crippen LogP contribution is -2.10. The molecule has 4 rings (SSSR count). The van der Waals surface area contributed by atoms with Crippen molar-refractivity contribution in [3.63, 3.8) is 0 Å². The van der Waals surface area contributed by atoms with Crippen molar-refractivity contribution in [3.8, 4) is 11.8 Å². The van der Waals surface area contributed by atoms with Crippen LogP contribution in [0.2, 0.25) is 0 Å². The topological polar surface area (TPSA) is 45.9 Å². The first kappa shape index (κ1) is 12.6. The van der Waals surface area contributed by atoms with Crippen LogP contribution in [0.4, 0.5) is 0 Å². The van der Waals surface area contributed by atoms with E-state index in [1.54, 1.807) is 6.07 Å². The maximum Gasteiger partial charge on any atom is 0.159 e. The molecule has 0 bridgehead atoms. The molecule has 1 aromatic heterocycles. The molecule has 0 saturated heterocycles. The van der Waals surface area contributed by atoms with E-state index < -0.39 is 0 Å². The van der Waals surface area contributed by atoms with Gasteiger partial charge in [-0.1, -0.05) is 30.3 Å². The molecule has 3 heteroatoms. The van der Waals surface area contributed by atoms with E-state index in [0.29, 0.717) is 5.56 Å². The van der Waals surface area contributed by atoms with Crippen molar-refractivity contribution < 1.29 is 4.74 Å². The van der Waals surface area contributed by atoms with Crippen LogP contribution in [0.25, 0.3) is 16.8 Å². The summed E-state index contributed by atoms with van der Waals surface area (Å²) in [5.41, 5.74) is 2.44. The number of hydrogen-bond acceptors (Lipinski definition) is 3. The summed E-state index contributed by atoms with van der Waals surface area (Å²) in [6.45, 7) is 0. The van der Waals surface area contributed by atoms with Gasteiger partial charge in [-0.05, 0) is 35.7 Å². The van der Waals surface area contributed by atoms with Gasteiger partial charge < -0.3 is 4.74 Å². The number of benzene rings is 2. The number of aromatic nitrogens is 1. The van der Waals surface area contributed by atoms with Crippen molar-refractivity contribution in [3.05, 3.63) is 77.6 Å². The predicted octanol–water partition coefficient (Wildman–Crippen LogP) is 4.25. The van der Waals surface area contributed by atoms with E-state index in [1.165, 1.54) is 0 Å². The highest BCUT2D eigenvalue weighted by atomic mass is 16.5. The van der Waals surface area contributed by atoms with Gasteiger partial charge in [0.25, 0.3) is 0 Å². The fourth-order valence-electron chi connectivity index (χ4n) is 2.64. The highest BCUT2D eigenvalue weighted by Crippen LogP contribution is 2.33. The summed E-state index contributed by atoms with van der Waals surface area (Å²) in [7, 11) is 0. The van der Waals surface area contributed by atoms with Gasteiger partial charge in [0.15, 0.2) is 6.10 Å². The molecule has 0 amide bonds. The number of hydrogen-bond donors (Lipinski definition) is 0. The normalized spacial score (nSPS) is 15.9. The van der Waals surface area contributed by atoms with Gasteiger partial charge in [-0.3, -0.25) is 4.98 Å². The fourth-order valence-corrected chi connectivity index (χ4v) is 2.64. The molecule has 1 unspecified atom stereocenters. The lowest BCUT2D eigenvalue weighted by molar-refractivity contribution is 0.247. The third-order valence-corrected chi connectivity index (χ3v) is 3.79. The fraction of sp³-hybridized carbons (Fsp3) is 0.0526. The molecule has 1 aliphatic heterocycles. The molecule has 0 saturated carbocycles. The van der Waals surface area contributed by atoms with E-state index in [1.807, 2.05) is 48.7 Å². The first-order chi connectivity index (χ1) is 10.8. The second-order valence-corrected chi connectivity index (χ2v) is 5.22. The molecule has 0 radical (unpaired) electrons. The van der Waals surface area contributed by atoms with E-state index in [9.17, 15) is 0 Å². The second-order valence-electron chi connectivity index (χ2n) is 5.22. The standard InChI is InChI=1S/C19H12N2O/c20-11-13-5-7-18-15(9-13)6-8-19(22-18)17-10-14-3-1-2-4-16(14)12-21-17/h1-10,12,19H. The van der Waals surface area contributed by atoms with Gasteiger partial charge in [0, 0.05) is 17.1 Å². The highest BCUT2D eigenvalue weighted by Gasteiger charge is 2.18. The summed E-state index contributed by atoms with van der Waals surface area (Å²) in [5, 5.41) is 11.2. The number of rotatable bonds is 1. The van der Waals surface area contributed by atoms with Crippen LogP contribution in [0.3, 0.4) is 0 Å². The summed E-state index contributed by atoms with van der Waals surface area (Å²) >= 11 is 0. The minimum atomic E-state index is -0.204. The van der Waals surface area contributed by atoms with Gasteiger partial charge in [-0.2, -0.15) is 5.26 Å². The lowest BCUT2D eigenvalue weighted by atomic mass is 10.0. The van der Waals surface area contributed by atoms with E-state index in [4.69, 9.17) is 10.00 Å². The monoisotopic (exact) mass is 284 g/mol. The minimum Gasteiger partial charge on any atom is -0.479 e. The average Bonchev–Trinajstić information content (AvgIpc) is 2.60. The summed E-state index contributed by atoms with van der Waals surface area (Å²) in [4.78, 5) is 4.51. The van der Waals surface area contributed by atoms with Crippen LogP contribution in [0.15, 0.2) is 60.8 Å². The van der Waals surface area contributed by atoms with Crippen LogP contribution < -0.4 is 4.74 Å². The summed E-state index contributed by atoms with van der Waals surface area (Å²) < 4.78 is 6.01. The third-order valence-electron chi connectivity index (χ3n) is 3.79. The van der Waals surface area contributed by atoms with Crippen LogP contribution in [0, 0.1) is 11.3 Å². The Morgan fingerprint density at radius 3 is 2.77 bits per heavy atom. The number of pyridine rings is 1. The van der Waals surface area contributed by atoms with Crippen LogP contribution >= 0.6 is 0 Å². The largest absolute Gasteiger partial charge is 0.479 e. The molecule has 1 atom stereocenters. The Labute approximate surface area is 128 Å². The molecule has 3 nitrogen and oxygen atoms in total. The Bertz CT molecular complexity index is 938. The van der Waals surface area contributed by atoms with E-state index in [2.05, 4.69) is 23.2 Å². The lowest BCUT2D eigenvalue weighted by Gasteiger charge is -2.21. The molecular formula is C19H12N2O. The van der Waals surface area contributed by atoms with Gasteiger partial charge in [0.2, 0.25) is 0 Å². The SMILES string of the molecule is N#Cc1ccc2c(c1)C=CC(c1cc3ccccc3cn1)O2. The number of nitriles is 1. The molecule has 0 spiro atoms.